The fraction of sp³-hybridized carbons (Fsp3) is 0.800. The van der Waals surface area contributed by atoms with Crippen molar-refractivity contribution >= 4 is 0 Å². The Morgan fingerprint density at radius 2 is 1.09 bits per heavy atom. The van der Waals surface area contributed by atoms with Crippen LogP contribution in [-0.2, 0) is 21.1 Å². The van der Waals surface area contributed by atoms with Crippen molar-refractivity contribution in [3.63, 3.8) is 0 Å². The van der Waals surface area contributed by atoms with E-state index in [9.17, 15) is 0 Å². The van der Waals surface area contributed by atoms with E-state index in [-0.39, 0.29) is 21.1 Å². The van der Waals surface area contributed by atoms with E-state index in [1.54, 1.807) is 0 Å². The van der Waals surface area contributed by atoms with Gasteiger partial charge in [-0.15, -0.1) is 0 Å². The van der Waals surface area contributed by atoms with Gasteiger partial charge in [0.2, 0.25) is 0 Å². The molecule has 0 fully saturated rings. The summed E-state index contributed by atoms with van der Waals surface area (Å²) in [6.07, 6.45) is 4.56. The molecule has 2 unspecified atom stereocenters. The molecule has 0 aromatic carbocycles. The summed E-state index contributed by atoms with van der Waals surface area (Å²) in [4.78, 5) is 0. The Bertz CT molecular complexity index is 70.9. The monoisotopic (exact) mass is 324 g/mol. The van der Waals surface area contributed by atoms with Crippen LogP contribution >= 0.6 is 0 Å². The molecule has 0 bridgehead atoms. The molecule has 0 amide bonds. The van der Waals surface area contributed by atoms with Crippen LogP contribution in [-0.4, -0.2) is 0 Å². The number of hydrogen-bond acceptors (Lipinski definition) is 0. The van der Waals surface area contributed by atoms with Gasteiger partial charge in [0.15, 0.2) is 0 Å². The Hall–Kier alpha value is 0.688. The second-order valence-corrected chi connectivity index (χ2v) is 3.24. The van der Waals surface area contributed by atoms with Crippen molar-refractivity contribution in [2.24, 2.45) is 17.8 Å². The Kier molecular flexibility index (Phi) is 9.50. The molecule has 0 radical (unpaired) electrons. The van der Waals surface area contributed by atoms with E-state index < -0.39 is 0 Å². The summed E-state index contributed by atoms with van der Waals surface area (Å²) in [5, 5.41) is 0. The first-order chi connectivity index (χ1) is 4.63. The van der Waals surface area contributed by atoms with Gasteiger partial charge >= 0.3 is 21.1 Å². The Morgan fingerprint density at radius 1 is 0.818 bits per heavy atom. The van der Waals surface area contributed by atoms with Crippen LogP contribution in [0.15, 0.2) is 0 Å². The first-order valence-corrected chi connectivity index (χ1v) is 4.22. The van der Waals surface area contributed by atoms with Gasteiger partial charge in [0.25, 0.3) is 0 Å². The summed E-state index contributed by atoms with van der Waals surface area (Å²) in [5.74, 6) is 2.27. The molecule has 0 aliphatic heterocycles. The fourth-order valence-electron chi connectivity index (χ4n) is 1.09. The Balaban J connectivity index is 0. The normalized spacial score (nSPS) is 18.3. The molecule has 11 heavy (non-hydrogen) atoms. The summed E-state index contributed by atoms with van der Waals surface area (Å²) >= 11 is 0. The predicted molar refractivity (Wildman–Crippen MR) is 47.4 cm³/mol. The molecule has 0 nitrogen and oxygen atoms in total. The third-order valence-electron chi connectivity index (χ3n) is 2.71. The minimum absolute atomic E-state index is 0. The van der Waals surface area contributed by atoms with E-state index in [1.165, 1.54) is 0 Å². The zero-order valence-electron chi connectivity index (χ0n) is 8.29. The topological polar surface area (TPSA) is 0 Å². The quantitative estimate of drug-likeness (QED) is 0.696. The van der Waals surface area contributed by atoms with E-state index in [4.69, 9.17) is 0 Å². The van der Waals surface area contributed by atoms with Crippen LogP contribution < -0.4 is 0 Å². The molecule has 0 saturated carbocycles. The zero-order valence-corrected chi connectivity index (χ0v) is 11.2. The summed E-state index contributed by atoms with van der Waals surface area (Å²) in [6, 6.07) is 0. The van der Waals surface area contributed by atoms with Gasteiger partial charge < -0.3 is 12.8 Å². The molecule has 0 spiro atoms. The van der Waals surface area contributed by atoms with E-state index >= 15 is 0 Å². The summed E-state index contributed by atoms with van der Waals surface area (Å²) in [6.45, 7) is 11.2. The van der Waals surface area contributed by atoms with Crippen molar-refractivity contribution < 1.29 is 21.1 Å². The maximum Gasteiger partial charge on any atom is 2.00 e. The van der Waals surface area contributed by atoms with Gasteiger partial charge in [-0.3, -0.25) is 0 Å². The molecule has 0 aromatic rings. The second kappa shape index (κ2) is 7.34. The predicted octanol–water partition coefficient (Wildman–Crippen LogP) is 3.34. The molecule has 2 atom stereocenters. The van der Waals surface area contributed by atoms with Gasteiger partial charge in [-0.2, -0.15) is 25.7 Å². The number of rotatable bonds is 4. The fourth-order valence-corrected chi connectivity index (χ4v) is 1.09. The van der Waals surface area contributed by atoms with Crippen LogP contribution in [0.3, 0.4) is 0 Å². The molecular formula is C10H20W. The Morgan fingerprint density at radius 3 is 1.27 bits per heavy atom. The van der Waals surface area contributed by atoms with Gasteiger partial charge in [-0.05, 0) is 0 Å². The molecule has 0 rings (SSSR count). The Labute approximate surface area is 86.4 Å². The largest absolute Gasteiger partial charge is 2.00 e. The van der Waals surface area contributed by atoms with Gasteiger partial charge in [0.1, 0.15) is 0 Å². The van der Waals surface area contributed by atoms with Crippen molar-refractivity contribution in [2.75, 3.05) is 0 Å². The SMILES string of the molecule is C[CH-]C(C)C(C)C(C)[CH-]C.[W+2]. The third-order valence-corrected chi connectivity index (χ3v) is 2.71. The van der Waals surface area contributed by atoms with E-state index in [1.807, 2.05) is 0 Å². The minimum atomic E-state index is 0. The van der Waals surface area contributed by atoms with Crippen LogP contribution in [0, 0.1) is 30.6 Å². The van der Waals surface area contributed by atoms with Crippen LogP contribution in [0.2, 0.25) is 0 Å². The molecular weight excluding hydrogens is 304 g/mol. The molecule has 0 aliphatic rings. The van der Waals surface area contributed by atoms with Crippen molar-refractivity contribution in [1.82, 2.24) is 0 Å². The smallest absolute Gasteiger partial charge is 0.329 e. The van der Waals surface area contributed by atoms with Gasteiger partial charge in [0.05, 0.1) is 0 Å². The van der Waals surface area contributed by atoms with Crippen LogP contribution in [0.1, 0.15) is 34.6 Å². The van der Waals surface area contributed by atoms with Gasteiger partial charge in [0, 0.05) is 0 Å². The zero-order chi connectivity index (χ0) is 8.15. The van der Waals surface area contributed by atoms with Crippen LogP contribution in [0.25, 0.3) is 0 Å². The van der Waals surface area contributed by atoms with Crippen molar-refractivity contribution in [1.29, 1.82) is 0 Å². The molecule has 1 heteroatoms. The van der Waals surface area contributed by atoms with Crippen LogP contribution in [0.5, 0.6) is 0 Å². The maximum atomic E-state index is 2.31. The third kappa shape index (κ3) is 5.01. The van der Waals surface area contributed by atoms with Gasteiger partial charge in [-0.1, -0.05) is 26.7 Å². The van der Waals surface area contributed by atoms with E-state index in [0.717, 1.165) is 17.8 Å². The molecule has 0 saturated heterocycles. The van der Waals surface area contributed by atoms with Crippen molar-refractivity contribution in [3.8, 4) is 0 Å². The average Bonchev–Trinajstić information content (AvgIpc) is 2.00. The summed E-state index contributed by atoms with van der Waals surface area (Å²) in [5.41, 5.74) is 0. The maximum absolute atomic E-state index is 2.31. The molecule has 0 heterocycles. The standard InChI is InChI=1S/C10H20.W/c1-6-8(3)10(5)9(4)7-2;/h6-10H,1-5H3;/q-2;+2. The van der Waals surface area contributed by atoms with Gasteiger partial charge in [-0.25, -0.2) is 0 Å². The summed E-state index contributed by atoms with van der Waals surface area (Å²) < 4.78 is 0. The van der Waals surface area contributed by atoms with E-state index in [0.29, 0.717) is 0 Å². The summed E-state index contributed by atoms with van der Waals surface area (Å²) in [7, 11) is 0. The molecule has 66 valence electrons. The first-order valence-electron chi connectivity index (χ1n) is 4.22. The molecule has 0 N–H and O–H groups in total. The minimum Gasteiger partial charge on any atom is -0.329 e. The van der Waals surface area contributed by atoms with Crippen molar-refractivity contribution in [3.05, 3.63) is 12.8 Å². The molecule has 0 aliphatic carbocycles. The second-order valence-electron chi connectivity index (χ2n) is 3.24. The number of hydrogen-bond donors (Lipinski definition) is 0. The van der Waals surface area contributed by atoms with Crippen molar-refractivity contribution in [2.45, 2.75) is 34.6 Å². The average molecular weight is 324 g/mol. The van der Waals surface area contributed by atoms with E-state index in [2.05, 4.69) is 47.5 Å². The van der Waals surface area contributed by atoms with Crippen LogP contribution in [0.4, 0.5) is 0 Å². The molecule has 0 aromatic heterocycles. The first kappa shape index (κ1) is 14.2.